The van der Waals surface area contributed by atoms with Crippen LogP contribution in [-0.4, -0.2) is 41.4 Å². The van der Waals surface area contributed by atoms with Crippen molar-refractivity contribution in [2.45, 2.75) is 49.3 Å². The Kier molecular flexibility index (Phi) is 5.68. The molecule has 1 heterocycles. The van der Waals surface area contributed by atoms with Gasteiger partial charge < -0.3 is 20.1 Å². The van der Waals surface area contributed by atoms with Crippen LogP contribution in [0, 0.1) is 5.82 Å². The fraction of sp³-hybridized carbons (Fsp3) is 0.375. The number of benzene rings is 2. The van der Waals surface area contributed by atoms with Crippen molar-refractivity contribution in [3.05, 3.63) is 57.8 Å². The third-order valence-corrected chi connectivity index (χ3v) is 7.21. The van der Waals surface area contributed by atoms with Gasteiger partial charge in [-0.2, -0.15) is 0 Å². The van der Waals surface area contributed by atoms with Gasteiger partial charge in [-0.15, -0.1) is 0 Å². The Morgan fingerprint density at radius 2 is 1.82 bits per heavy atom. The first-order valence-electron chi connectivity index (χ1n) is 10.9. The van der Waals surface area contributed by atoms with E-state index in [2.05, 4.69) is 10.6 Å². The van der Waals surface area contributed by atoms with Crippen molar-refractivity contribution in [3.8, 4) is 11.5 Å². The summed E-state index contributed by atoms with van der Waals surface area (Å²) in [7, 11) is 0. The number of ketones is 1. The summed E-state index contributed by atoms with van der Waals surface area (Å²) in [5.41, 5.74) is -0.465. The minimum absolute atomic E-state index is 0.0221. The fourth-order valence-corrected chi connectivity index (χ4v) is 5.50. The zero-order chi connectivity index (χ0) is 24.1. The molecule has 0 saturated heterocycles. The largest absolute Gasteiger partial charge is 0.484 e. The van der Waals surface area contributed by atoms with Crippen LogP contribution in [0.3, 0.4) is 0 Å². The SMILES string of the molecule is O=C(COc1ccc(Cl)c(F)c1)NC12CCC(NC(=O)C3CC(=O)c4cc(Cl)ccc4O3)(C1)C2. The van der Waals surface area contributed by atoms with E-state index in [0.717, 1.165) is 6.07 Å². The molecule has 1 unspecified atom stereocenters. The van der Waals surface area contributed by atoms with E-state index < -0.39 is 23.0 Å². The number of ether oxygens (including phenoxy) is 2. The van der Waals surface area contributed by atoms with Gasteiger partial charge in [0.15, 0.2) is 18.5 Å². The molecular weight excluding hydrogens is 486 g/mol. The topological polar surface area (TPSA) is 93.7 Å². The lowest BCUT2D eigenvalue weighted by Gasteiger charge is -2.48. The predicted octanol–water partition coefficient (Wildman–Crippen LogP) is 3.84. The standard InChI is InChI=1S/C24H21Cl2FN2O5/c25-13-1-4-19-15(7-13)18(30)9-20(34-19)22(32)29-24-6-5-23(11-24,12-24)28-21(31)10-33-14-2-3-16(26)17(27)8-14/h1-4,7-8,20H,5-6,9-12H2,(H,28,31)(H,29,32). The second-order valence-electron chi connectivity index (χ2n) is 9.19. The normalized spacial score (nSPS) is 26.7. The van der Waals surface area contributed by atoms with Crippen LogP contribution >= 0.6 is 23.2 Å². The maximum Gasteiger partial charge on any atom is 0.261 e. The van der Waals surface area contributed by atoms with Crippen LogP contribution in [0.2, 0.25) is 10.0 Å². The minimum Gasteiger partial charge on any atom is -0.484 e. The van der Waals surface area contributed by atoms with Crippen LogP contribution in [-0.2, 0) is 9.59 Å². The van der Waals surface area contributed by atoms with Crippen LogP contribution in [0.4, 0.5) is 4.39 Å². The first kappa shape index (κ1) is 22.9. The van der Waals surface area contributed by atoms with Crippen LogP contribution < -0.4 is 20.1 Å². The number of Topliss-reactive ketones (excluding diaryl/α,β-unsaturated/α-hetero) is 1. The number of amides is 2. The summed E-state index contributed by atoms with van der Waals surface area (Å²) in [5.74, 6) is -0.923. The van der Waals surface area contributed by atoms with Gasteiger partial charge >= 0.3 is 0 Å². The average Bonchev–Trinajstić information content (AvgIpc) is 3.29. The predicted molar refractivity (Wildman–Crippen MR) is 122 cm³/mol. The van der Waals surface area contributed by atoms with Gasteiger partial charge in [-0.25, -0.2) is 4.39 Å². The van der Waals surface area contributed by atoms with Crippen LogP contribution in [0.1, 0.15) is 42.5 Å². The Balaban J connectivity index is 1.13. The van der Waals surface area contributed by atoms with Gasteiger partial charge in [0.25, 0.3) is 11.8 Å². The fourth-order valence-electron chi connectivity index (χ4n) is 5.21. The second-order valence-corrected chi connectivity index (χ2v) is 10.0. The van der Waals surface area contributed by atoms with E-state index in [0.29, 0.717) is 42.0 Å². The molecule has 2 aromatic rings. The number of carbonyl (C=O) groups is 3. The van der Waals surface area contributed by atoms with Crippen molar-refractivity contribution in [3.63, 3.8) is 0 Å². The molecule has 1 aliphatic heterocycles. The van der Waals surface area contributed by atoms with Gasteiger partial charge in [-0.3, -0.25) is 14.4 Å². The van der Waals surface area contributed by atoms with Crippen molar-refractivity contribution in [1.29, 1.82) is 0 Å². The van der Waals surface area contributed by atoms with E-state index in [1.807, 2.05) is 0 Å². The number of halogens is 3. The lowest BCUT2D eigenvalue weighted by Crippen LogP contribution is -2.66. The molecule has 3 fully saturated rings. The third kappa shape index (κ3) is 4.32. The Hall–Kier alpha value is -2.84. The molecule has 3 aliphatic carbocycles. The van der Waals surface area contributed by atoms with Gasteiger partial charge in [-0.1, -0.05) is 23.2 Å². The third-order valence-electron chi connectivity index (χ3n) is 6.66. The molecule has 178 valence electrons. The van der Waals surface area contributed by atoms with E-state index >= 15 is 0 Å². The Labute approximate surface area is 204 Å². The Bertz CT molecular complexity index is 1200. The van der Waals surface area contributed by atoms with Gasteiger partial charge in [0.2, 0.25) is 0 Å². The summed E-state index contributed by atoms with van der Waals surface area (Å²) in [5, 5.41) is 6.44. The maximum atomic E-state index is 13.5. The smallest absolute Gasteiger partial charge is 0.261 e. The van der Waals surface area contributed by atoms with Crippen LogP contribution in [0.5, 0.6) is 11.5 Å². The number of fused-ring (bicyclic) bond motifs is 2. The minimum atomic E-state index is -0.908. The Morgan fingerprint density at radius 1 is 1.09 bits per heavy atom. The number of hydrogen-bond donors (Lipinski definition) is 2. The second kappa shape index (κ2) is 8.43. The molecule has 4 aliphatic rings. The lowest BCUT2D eigenvalue weighted by atomic mass is 9.71. The van der Waals surface area contributed by atoms with Crippen molar-refractivity contribution in [1.82, 2.24) is 10.6 Å². The number of rotatable bonds is 6. The summed E-state index contributed by atoms with van der Waals surface area (Å²) in [6, 6.07) is 8.71. The van der Waals surface area contributed by atoms with Gasteiger partial charge in [0.1, 0.15) is 17.3 Å². The molecule has 3 saturated carbocycles. The summed E-state index contributed by atoms with van der Waals surface area (Å²) in [6.45, 7) is -0.260. The summed E-state index contributed by atoms with van der Waals surface area (Å²) in [6.07, 6.45) is 1.61. The van der Waals surface area contributed by atoms with Gasteiger partial charge in [-0.05, 0) is 56.0 Å². The van der Waals surface area contributed by atoms with E-state index in [1.54, 1.807) is 18.2 Å². The Morgan fingerprint density at radius 3 is 2.56 bits per heavy atom. The van der Waals surface area contributed by atoms with E-state index in [1.165, 1.54) is 12.1 Å². The molecule has 0 radical (unpaired) electrons. The number of nitrogens with one attached hydrogen (secondary N) is 2. The maximum absolute atomic E-state index is 13.5. The molecule has 34 heavy (non-hydrogen) atoms. The molecule has 6 rings (SSSR count). The highest BCUT2D eigenvalue weighted by molar-refractivity contribution is 6.31. The highest BCUT2D eigenvalue weighted by Crippen LogP contribution is 2.55. The molecule has 2 amide bonds. The quantitative estimate of drug-likeness (QED) is 0.620. The van der Waals surface area contributed by atoms with Crippen LogP contribution in [0.15, 0.2) is 36.4 Å². The zero-order valence-electron chi connectivity index (χ0n) is 18.0. The highest BCUT2D eigenvalue weighted by Gasteiger charge is 2.62. The molecule has 7 nitrogen and oxygen atoms in total. The average molecular weight is 507 g/mol. The molecule has 2 bridgehead atoms. The highest BCUT2D eigenvalue weighted by atomic mass is 35.5. The molecule has 0 aromatic heterocycles. The first-order valence-corrected chi connectivity index (χ1v) is 11.6. The summed E-state index contributed by atoms with van der Waals surface area (Å²) < 4.78 is 24.6. The van der Waals surface area contributed by atoms with E-state index in [-0.39, 0.29) is 41.4 Å². The van der Waals surface area contributed by atoms with Gasteiger partial charge in [0, 0.05) is 22.2 Å². The van der Waals surface area contributed by atoms with Crippen molar-refractivity contribution in [2.75, 3.05) is 6.61 Å². The first-order chi connectivity index (χ1) is 16.2. The molecular formula is C24H21Cl2FN2O5. The molecule has 1 atom stereocenters. The molecule has 0 spiro atoms. The van der Waals surface area contributed by atoms with E-state index in [4.69, 9.17) is 32.7 Å². The number of carbonyl (C=O) groups excluding carboxylic acids is 3. The van der Waals surface area contributed by atoms with Crippen molar-refractivity contribution < 1.29 is 28.2 Å². The van der Waals surface area contributed by atoms with Crippen molar-refractivity contribution >= 4 is 40.8 Å². The monoisotopic (exact) mass is 506 g/mol. The van der Waals surface area contributed by atoms with Crippen LogP contribution in [0.25, 0.3) is 0 Å². The molecule has 2 N–H and O–H groups in total. The zero-order valence-corrected chi connectivity index (χ0v) is 19.5. The van der Waals surface area contributed by atoms with E-state index in [9.17, 15) is 18.8 Å². The van der Waals surface area contributed by atoms with Crippen molar-refractivity contribution in [2.24, 2.45) is 0 Å². The lowest BCUT2D eigenvalue weighted by molar-refractivity contribution is -0.132. The number of hydrogen-bond acceptors (Lipinski definition) is 5. The molecule has 2 aromatic carbocycles. The van der Waals surface area contributed by atoms with Gasteiger partial charge in [0.05, 0.1) is 17.0 Å². The summed E-state index contributed by atoms with van der Waals surface area (Å²) >= 11 is 11.6. The molecule has 10 heteroatoms. The summed E-state index contributed by atoms with van der Waals surface area (Å²) in [4.78, 5) is 37.7.